The fraction of sp³-hybridized carbons (Fsp3) is 0.0556. The summed E-state index contributed by atoms with van der Waals surface area (Å²) in [5.74, 6) is -0.0722. The summed E-state index contributed by atoms with van der Waals surface area (Å²) in [4.78, 5) is 10.6. The molecule has 0 saturated heterocycles. The number of nitrogens with one attached hydrogen (secondary N) is 2. The second kappa shape index (κ2) is 7.60. The van der Waals surface area contributed by atoms with Crippen molar-refractivity contribution in [3.63, 3.8) is 0 Å². The molecular formula is C18H16N2O7S2. The third-order valence-corrected chi connectivity index (χ3v) is 5.69. The van der Waals surface area contributed by atoms with Crippen LogP contribution in [0.15, 0.2) is 63.9 Å². The van der Waals surface area contributed by atoms with E-state index in [4.69, 9.17) is 4.42 Å². The lowest BCUT2D eigenvalue weighted by Crippen LogP contribution is -2.14. The van der Waals surface area contributed by atoms with Crippen molar-refractivity contribution in [3.05, 3.63) is 60.4 Å². The quantitative estimate of drug-likeness (QED) is 0.483. The first-order valence-corrected chi connectivity index (χ1v) is 11.4. The minimum atomic E-state index is -4.07. The van der Waals surface area contributed by atoms with Crippen LogP contribution in [0.25, 0.3) is 11.3 Å². The summed E-state index contributed by atoms with van der Waals surface area (Å²) in [6, 6.07) is 12.1. The Kier molecular flexibility index (Phi) is 5.36. The number of benzene rings is 2. The molecule has 0 aliphatic heterocycles. The summed E-state index contributed by atoms with van der Waals surface area (Å²) in [7, 11) is -7.59. The van der Waals surface area contributed by atoms with Gasteiger partial charge in [0.25, 0.3) is 10.0 Å². The van der Waals surface area contributed by atoms with Gasteiger partial charge >= 0.3 is 0 Å². The predicted molar refractivity (Wildman–Crippen MR) is 107 cm³/mol. The Hall–Kier alpha value is -3.31. The molecule has 0 spiro atoms. The van der Waals surface area contributed by atoms with E-state index < -0.39 is 20.0 Å². The zero-order valence-electron chi connectivity index (χ0n) is 15.0. The van der Waals surface area contributed by atoms with Crippen LogP contribution in [0.3, 0.4) is 0 Å². The van der Waals surface area contributed by atoms with Crippen molar-refractivity contribution in [2.24, 2.45) is 0 Å². The number of carbonyl (C=O) groups is 1. The van der Waals surface area contributed by atoms with Crippen LogP contribution in [0.4, 0.5) is 11.4 Å². The molecule has 29 heavy (non-hydrogen) atoms. The Bertz CT molecular complexity index is 1280. The van der Waals surface area contributed by atoms with Gasteiger partial charge in [0.2, 0.25) is 10.0 Å². The maximum atomic E-state index is 12.7. The number of aldehydes is 1. The maximum absolute atomic E-state index is 12.7. The minimum Gasteiger partial charge on any atom is -0.507 e. The van der Waals surface area contributed by atoms with E-state index in [-0.39, 0.29) is 39.1 Å². The van der Waals surface area contributed by atoms with Crippen LogP contribution in [-0.2, 0) is 20.0 Å². The predicted octanol–water partition coefficient (Wildman–Crippen LogP) is 2.64. The second-order valence-corrected chi connectivity index (χ2v) is 9.49. The molecule has 0 unspecified atom stereocenters. The number of hydrogen-bond acceptors (Lipinski definition) is 7. The van der Waals surface area contributed by atoms with Crippen molar-refractivity contribution < 1.29 is 31.2 Å². The van der Waals surface area contributed by atoms with Crippen molar-refractivity contribution >= 4 is 37.7 Å². The van der Waals surface area contributed by atoms with E-state index in [1.165, 1.54) is 54.6 Å². The molecule has 0 bridgehead atoms. The molecule has 152 valence electrons. The second-order valence-electron chi connectivity index (χ2n) is 6.06. The molecule has 9 nitrogen and oxygen atoms in total. The highest BCUT2D eigenvalue weighted by atomic mass is 32.2. The molecule has 3 N–H and O–H groups in total. The lowest BCUT2D eigenvalue weighted by molar-refractivity contribution is 0.110. The summed E-state index contributed by atoms with van der Waals surface area (Å²) in [6.45, 7) is 0. The fourth-order valence-corrected chi connectivity index (χ4v) is 4.15. The molecule has 0 amide bonds. The van der Waals surface area contributed by atoms with Crippen molar-refractivity contribution in [1.29, 1.82) is 0 Å². The number of anilines is 2. The summed E-state index contributed by atoms with van der Waals surface area (Å²) in [5, 5.41) is 10.0. The number of phenols is 1. The normalized spacial score (nSPS) is 11.8. The molecule has 1 aromatic heterocycles. The standard InChI is InChI=1S/C18H16N2O7S2/c1-28(23,24)19-12-3-2-4-13(9-12)20-29(25,26)15-6-7-17(22)16(10-15)18-8-5-14(11-21)27-18/h2-11,19-20,22H,1H3. The lowest BCUT2D eigenvalue weighted by Gasteiger charge is -2.11. The minimum absolute atomic E-state index is 0.0287. The molecule has 0 radical (unpaired) electrons. The van der Waals surface area contributed by atoms with Crippen LogP contribution in [-0.4, -0.2) is 34.5 Å². The Morgan fingerprint density at radius 2 is 1.62 bits per heavy atom. The van der Waals surface area contributed by atoms with Crippen molar-refractivity contribution in [2.75, 3.05) is 15.7 Å². The maximum Gasteiger partial charge on any atom is 0.261 e. The zero-order valence-corrected chi connectivity index (χ0v) is 16.6. The van der Waals surface area contributed by atoms with Crippen LogP contribution < -0.4 is 9.44 Å². The Morgan fingerprint density at radius 1 is 0.931 bits per heavy atom. The zero-order chi connectivity index (χ0) is 21.2. The smallest absolute Gasteiger partial charge is 0.261 e. The largest absolute Gasteiger partial charge is 0.507 e. The highest BCUT2D eigenvalue weighted by Crippen LogP contribution is 2.33. The molecule has 1 heterocycles. The van der Waals surface area contributed by atoms with Gasteiger partial charge in [-0.2, -0.15) is 0 Å². The van der Waals surface area contributed by atoms with Crippen LogP contribution in [0.2, 0.25) is 0 Å². The van der Waals surface area contributed by atoms with E-state index in [1.54, 1.807) is 0 Å². The molecule has 0 atom stereocenters. The molecule has 0 saturated carbocycles. The first kappa shape index (κ1) is 20.4. The number of hydrogen-bond donors (Lipinski definition) is 3. The molecule has 11 heteroatoms. The molecule has 3 rings (SSSR count). The molecule has 2 aromatic carbocycles. The summed E-state index contributed by atoms with van der Waals surface area (Å²) >= 11 is 0. The first-order chi connectivity index (χ1) is 13.6. The SMILES string of the molecule is CS(=O)(=O)Nc1cccc(NS(=O)(=O)c2ccc(O)c(-c3ccc(C=O)o3)c2)c1. The molecule has 0 fully saturated rings. The van der Waals surface area contributed by atoms with Gasteiger partial charge in [0.05, 0.1) is 28.1 Å². The number of aromatic hydroxyl groups is 1. The van der Waals surface area contributed by atoms with Crippen LogP contribution in [0, 0.1) is 0 Å². The van der Waals surface area contributed by atoms with E-state index in [2.05, 4.69) is 9.44 Å². The molecular weight excluding hydrogens is 420 g/mol. The van der Waals surface area contributed by atoms with Gasteiger partial charge in [-0.05, 0) is 48.5 Å². The van der Waals surface area contributed by atoms with Gasteiger partial charge in [-0.1, -0.05) is 6.07 Å². The van der Waals surface area contributed by atoms with Crippen LogP contribution in [0.1, 0.15) is 10.6 Å². The first-order valence-electron chi connectivity index (χ1n) is 8.06. The van der Waals surface area contributed by atoms with Crippen molar-refractivity contribution in [2.45, 2.75) is 4.90 Å². The van der Waals surface area contributed by atoms with Gasteiger partial charge < -0.3 is 9.52 Å². The highest BCUT2D eigenvalue weighted by molar-refractivity contribution is 7.92. The van der Waals surface area contributed by atoms with Gasteiger partial charge in [-0.3, -0.25) is 14.2 Å². The number of rotatable bonds is 7. The van der Waals surface area contributed by atoms with E-state index in [9.17, 15) is 26.7 Å². The third-order valence-electron chi connectivity index (χ3n) is 3.70. The van der Waals surface area contributed by atoms with E-state index in [0.717, 1.165) is 6.26 Å². The fourth-order valence-electron chi connectivity index (χ4n) is 2.51. The number of furan rings is 1. The Labute approximate surface area is 167 Å². The van der Waals surface area contributed by atoms with Gasteiger partial charge in [0.1, 0.15) is 11.5 Å². The average molecular weight is 436 g/mol. The summed E-state index contributed by atoms with van der Waals surface area (Å²) in [5.41, 5.74) is 0.416. The van der Waals surface area contributed by atoms with Crippen LogP contribution >= 0.6 is 0 Å². The van der Waals surface area contributed by atoms with Gasteiger partial charge in [-0.15, -0.1) is 0 Å². The van der Waals surface area contributed by atoms with Gasteiger partial charge in [0, 0.05) is 0 Å². The lowest BCUT2D eigenvalue weighted by atomic mass is 10.1. The number of sulfonamides is 2. The molecule has 3 aromatic rings. The van der Waals surface area contributed by atoms with Crippen molar-refractivity contribution in [3.8, 4) is 17.1 Å². The Morgan fingerprint density at radius 3 is 2.24 bits per heavy atom. The van der Waals surface area contributed by atoms with E-state index in [1.807, 2.05) is 0 Å². The molecule has 0 aliphatic carbocycles. The topological polar surface area (TPSA) is 143 Å². The van der Waals surface area contributed by atoms with Crippen LogP contribution in [0.5, 0.6) is 5.75 Å². The average Bonchev–Trinajstić information content (AvgIpc) is 3.09. The Balaban J connectivity index is 1.93. The highest BCUT2D eigenvalue weighted by Gasteiger charge is 2.19. The number of carbonyl (C=O) groups excluding carboxylic acids is 1. The third kappa shape index (κ3) is 4.95. The van der Waals surface area contributed by atoms with E-state index in [0.29, 0.717) is 6.29 Å². The monoisotopic (exact) mass is 436 g/mol. The molecule has 0 aliphatic rings. The van der Waals surface area contributed by atoms with Crippen molar-refractivity contribution in [1.82, 2.24) is 0 Å². The number of phenolic OH excluding ortho intramolecular Hbond substituents is 1. The van der Waals surface area contributed by atoms with Gasteiger partial charge in [-0.25, -0.2) is 16.8 Å². The van der Waals surface area contributed by atoms with Gasteiger partial charge in [0.15, 0.2) is 12.0 Å². The summed E-state index contributed by atoms with van der Waals surface area (Å²) in [6.07, 6.45) is 1.46. The van der Waals surface area contributed by atoms with E-state index >= 15 is 0 Å². The summed E-state index contributed by atoms with van der Waals surface area (Å²) < 4.78 is 58.0.